The number of ether oxygens (including phenoxy) is 11. The first-order chi connectivity index (χ1) is 40.2. The number of esters is 1. The maximum atomic E-state index is 13.6. The molecule has 2 amide bonds. The van der Waals surface area contributed by atoms with Gasteiger partial charge < -0.3 is 68.1 Å². The minimum atomic E-state index is -3.84. The second-order valence-corrected chi connectivity index (χ2v) is 20.7. The van der Waals surface area contributed by atoms with E-state index in [1.165, 1.54) is 10.5 Å². The number of nitrogens with one attached hydrogen (secondary N) is 1. The average Bonchev–Trinajstić information content (AvgIpc) is 3.81. The van der Waals surface area contributed by atoms with Crippen LogP contribution in [0, 0.1) is 29.2 Å². The number of carbonyl (C=O) groups excluding carboxylic acids is 3. The third-order valence-corrected chi connectivity index (χ3v) is 14.1. The van der Waals surface area contributed by atoms with Crippen LogP contribution < -0.4 is 15.8 Å². The van der Waals surface area contributed by atoms with E-state index in [-0.39, 0.29) is 87.7 Å². The quantitative estimate of drug-likeness (QED) is 0.0248. The van der Waals surface area contributed by atoms with E-state index in [1.54, 1.807) is 12.3 Å². The molecule has 1 aromatic heterocycles. The maximum absolute atomic E-state index is 13.6. The summed E-state index contributed by atoms with van der Waals surface area (Å²) in [6.07, 6.45) is 6.43. The van der Waals surface area contributed by atoms with Gasteiger partial charge in [-0.3, -0.25) is 19.4 Å². The molecule has 462 valence electrons. The number of aromatic nitrogens is 1. The molecule has 2 aromatic carbocycles. The number of nitrogens with two attached hydrogens (primary N) is 1. The van der Waals surface area contributed by atoms with Crippen molar-refractivity contribution in [2.24, 2.45) is 16.6 Å². The highest BCUT2D eigenvalue weighted by Gasteiger charge is 2.37. The number of nitrogens with zero attached hydrogens (tertiary/aromatic N) is 4. The van der Waals surface area contributed by atoms with Gasteiger partial charge in [-0.1, -0.05) is 26.0 Å². The summed E-state index contributed by atoms with van der Waals surface area (Å²) in [4.78, 5) is 48.3. The first kappa shape index (κ1) is 68.2. The summed E-state index contributed by atoms with van der Waals surface area (Å²) in [7, 11) is -3.84. The van der Waals surface area contributed by atoms with Crippen LogP contribution in [0.25, 0.3) is 17.2 Å². The van der Waals surface area contributed by atoms with Crippen molar-refractivity contribution in [2.45, 2.75) is 50.8 Å². The molecular formula is C56H78F4N6O16S. The van der Waals surface area contributed by atoms with Gasteiger partial charge in [0.15, 0.2) is 11.6 Å². The molecule has 1 fully saturated rings. The summed E-state index contributed by atoms with van der Waals surface area (Å²) in [5.74, 6) is -9.52. The Morgan fingerprint density at radius 2 is 1.11 bits per heavy atom. The van der Waals surface area contributed by atoms with Crippen LogP contribution >= 0.6 is 0 Å². The van der Waals surface area contributed by atoms with Crippen LogP contribution in [0.15, 0.2) is 58.2 Å². The van der Waals surface area contributed by atoms with Crippen molar-refractivity contribution < 1.29 is 92.5 Å². The summed E-state index contributed by atoms with van der Waals surface area (Å²) in [5, 5.41) is 2.87. The maximum Gasteiger partial charge on any atom is 0.313 e. The standard InChI is InChI=1S/C56H78F4N6O16S/c1-3-9-65(10-4-2)56(69)44-31-43-6-5-42(33-49(43)64-50(61)34-44)45-32-46(38-62-37-45)83(70,71)66-39-41(40-66)36-63-51(67)7-11-72-13-15-74-17-19-76-21-23-78-25-27-80-29-30-81-28-26-79-24-22-77-20-18-75-16-14-73-12-8-52(68)82-55-53(59)47(57)35-48(58)54(55)60/h5-6,31-33,35,37-38,41H,3-4,7-30,34,36,39-40H2,1-2H3,(H2,61,64)(H,63,67). The Balaban J connectivity index is 0.755. The lowest BCUT2D eigenvalue weighted by Gasteiger charge is -2.38. The molecule has 0 aliphatic carbocycles. The van der Waals surface area contributed by atoms with Crippen LogP contribution in [0.1, 0.15) is 51.5 Å². The molecule has 0 bridgehead atoms. The molecule has 0 atom stereocenters. The van der Waals surface area contributed by atoms with Gasteiger partial charge in [0.1, 0.15) is 10.7 Å². The van der Waals surface area contributed by atoms with Crippen LogP contribution in [0.2, 0.25) is 0 Å². The van der Waals surface area contributed by atoms with Gasteiger partial charge in [0.05, 0.1) is 144 Å². The average molecular weight is 1200 g/mol. The van der Waals surface area contributed by atoms with E-state index in [9.17, 15) is 40.4 Å². The SMILES string of the molecule is CCCN(CCC)C(=O)C1=Cc2ccc(-c3cncc(S(=O)(=O)N4CC(CNC(=O)CCOCCOCCOCCOCCOCCOCCOCCOCCOCCOCCC(=O)Oc5c(F)c(F)cc(F)c5F)C4)c3)cc2N=C(N)C1. The predicted molar refractivity (Wildman–Crippen MR) is 295 cm³/mol. The van der Waals surface area contributed by atoms with Gasteiger partial charge in [0.2, 0.25) is 39.2 Å². The number of amidine groups is 1. The molecule has 3 aromatic rings. The van der Waals surface area contributed by atoms with Crippen molar-refractivity contribution in [1.82, 2.24) is 19.5 Å². The van der Waals surface area contributed by atoms with Crippen LogP contribution in [0.4, 0.5) is 23.2 Å². The highest BCUT2D eigenvalue weighted by Crippen LogP contribution is 2.34. The largest absolute Gasteiger partial charge is 0.420 e. The fourth-order valence-electron chi connectivity index (χ4n) is 8.03. The second-order valence-electron chi connectivity index (χ2n) is 18.8. The molecule has 22 nitrogen and oxygen atoms in total. The van der Waals surface area contributed by atoms with Crippen molar-refractivity contribution in [3.63, 3.8) is 0 Å². The number of fused-ring (bicyclic) bond motifs is 1. The molecule has 83 heavy (non-hydrogen) atoms. The highest BCUT2D eigenvalue weighted by molar-refractivity contribution is 7.89. The number of aliphatic imine (C=N–C) groups is 1. The number of rotatable bonds is 44. The number of sulfonamides is 1. The first-order valence-corrected chi connectivity index (χ1v) is 29.2. The molecular weight excluding hydrogens is 1120 g/mol. The first-order valence-electron chi connectivity index (χ1n) is 27.7. The molecule has 0 radical (unpaired) electrons. The van der Waals surface area contributed by atoms with Crippen LogP contribution in [-0.4, -0.2) is 211 Å². The summed E-state index contributed by atoms with van der Waals surface area (Å²) in [5.41, 5.74) is 9.47. The van der Waals surface area contributed by atoms with Crippen LogP contribution in [0.3, 0.4) is 0 Å². The van der Waals surface area contributed by atoms with Gasteiger partial charge >= 0.3 is 5.97 Å². The zero-order valence-corrected chi connectivity index (χ0v) is 48.0. The van der Waals surface area contributed by atoms with Crippen molar-refractivity contribution in [3.8, 4) is 16.9 Å². The van der Waals surface area contributed by atoms with E-state index in [0.717, 1.165) is 18.4 Å². The fraction of sp³-hybridized carbons (Fsp3) is 0.589. The van der Waals surface area contributed by atoms with Gasteiger partial charge in [-0.25, -0.2) is 22.2 Å². The molecule has 27 heteroatoms. The molecule has 3 N–H and O–H groups in total. The molecule has 0 unspecified atom stereocenters. The second kappa shape index (κ2) is 38.4. The summed E-state index contributed by atoms with van der Waals surface area (Å²) in [6.45, 7) is 12.5. The molecule has 5 rings (SSSR count). The van der Waals surface area contributed by atoms with Gasteiger partial charge in [0, 0.05) is 86.6 Å². The Kier molecular flexibility index (Phi) is 31.6. The fourth-order valence-corrected chi connectivity index (χ4v) is 9.62. The lowest BCUT2D eigenvalue weighted by atomic mass is 10.0. The Morgan fingerprint density at radius 3 is 1.59 bits per heavy atom. The van der Waals surface area contributed by atoms with Crippen molar-refractivity contribution in [3.05, 3.63) is 77.1 Å². The van der Waals surface area contributed by atoms with Crippen molar-refractivity contribution in [1.29, 1.82) is 0 Å². The topological polar surface area (TPSA) is 257 Å². The Hall–Kier alpha value is -5.56. The number of pyridine rings is 1. The molecule has 3 heterocycles. The number of carbonyl (C=O) groups is 3. The Labute approximate surface area is 482 Å². The van der Waals surface area contributed by atoms with E-state index in [1.807, 2.05) is 43.0 Å². The zero-order valence-electron chi connectivity index (χ0n) is 47.2. The van der Waals surface area contributed by atoms with Gasteiger partial charge in [0.25, 0.3) is 0 Å². The lowest BCUT2D eigenvalue weighted by molar-refractivity contribution is -0.136. The van der Waals surface area contributed by atoms with Crippen LogP contribution in [0.5, 0.6) is 5.75 Å². The van der Waals surface area contributed by atoms with E-state index in [4.69, 9.17) is 53.1 Å². The van der Waals surface area contributed by atoms with Gasteiger partial charge in [-0.05, 0) is 36.6 Å². The van der Waals surface area contributed by atoms with E-state index in [2.05, 4.69) is 20.0 Å². The monoisotopic (exact) mass is 1200 g/mol. The number of hydrogen-bond donors (Lipinski definition) is 2. The van der Waals surface area contributed by atoms with Crippen molar-refractivity contribution >= 4 is 45.4 Å². The number of hydrogen-bond acceptors (Lipinski definition) is 19. The normalized spacial score (nSPS) is 13.7. The molecule has 2 aliphatic heterocycles. The minimum absolute atomic E-state index is 0.0118. The summed E-state index contributed by atoms with van der Waals surface area (Å²) >= 11 is 0. The summed E-state index contributed by atoms with van der Waals surface area (Å²) < 4.78 is 141. The zero-order chi connectivity index (χ0) is 59.7. The smallest absolute Gasteiger partial charge is 0.313 e. The van der Waals surface area contributed by atoms with Crippen molar-refractivity contribution in [2.75, 3.05) is 165 Å². The van der Waals surface area contributed by atoms with E-state index < -0.39 is 51.4 Å². The third kappa shape index (κ3) is 24.5. The Morgan fingerprint density at radius 1 is 0.639 bits per heavy atom. The number of amides is 2. The van der Waals surface area contributed by atoms with E-state index in [0.29, 0.717) is 147 Å². The lowest BCUT2D eigenvalue weighted by Crippen LogP contribution is -2.53. The van der Waals surface area contributed by atoms with Crippen LogP contribution in [-0.2, 0) is 71.8 Å². The van der Waals surface area contributed by atoms with E-state index >= 15 is 0 Å². The minimum Gasteiger partial charge on any atom is -0.420 e. The van der Waals surface area contributed by atoms with Gasteiger partial charge in [-0.15, -0.1) is 0 Å². The summed E-state index contributed by atoms with van der Waals surface area (Å²) in [6, 6.07) is 7.12. The number of benzene rings is 2. The van der Waals surface area contributed by atoms with Gasteiger partial charge in [-0.2, -0.15) is 13.1 Å². The number of halogens is 4. The third-order valence-electron chi connectivity index (χ3n) is 12.3. The molecule has 0 saturated carbocycles. The predicted octanol–water partition coefficient (Wildman–Crippen LogP) is 5.02. The highest BCUT2D eigenvalue weighted by atomic mass is 32.2. The Bertz CT molecular complexity index is 2620. The molecule has 2 aliphatic rings. The molecule has 1 saturated heterocycles. The molecule has 0 spiro atoms.